The standard InChI is InChI=1S/C10H9NO2S/c1-7-3-2-5-11(7)8-4-6-14-9(8)10(12)13/h2-6H,1H3,(H,12,13). The number of thiophene rings is 1. The van der Waals surface area contributed by atoms with Crippen molar-refractivity contribution in [1.29, 1.82) is 0 Å². The van der Waals surface area contributed by atoms with Crippen molar-refractivity contribution in [2.45, 2.75) is 6.92 Å². The van der Waals surface area contributed by atoms with Gasteiger partial charge < -0.3 is 9.67 Å². The van der Waals surface area contributed by atoms with E-state index in [-0.39, 0.29) is 0 Å². The maximum atomic E-state index is 10.9. The first kappa shape index (κ1) is 9.02. The lowest BCUT2D eigenvalue weighted by Crippen LogP contribution is -2.01. The molecule has 0 aliphatic carbocycles. The normalized spacial score (nSPS) is 10.4. The minimum atomic E-state index is -0.872. The van der Waals surface area contributed by atoms with Crippen LogP contribution in [0, 0.1) is 6.92 Å². The van der Waals surface area contributed by atoms with Crippen molar-refractivity contribution >= 4 is 17.3 Å². The van der Waals surface area contributed by atoms with E-state index in [4.69, 9.17) is 5.11 Å². The smallest absolute Gasteiger partial charge is 0.348 e. The van der Waals surface area contributed by atoms with E-state index >= 15 is 0 Å². The Labute approximate surface area is 85.2 Å². The van der Waals surface area contributed by atoms with Gasteiger partial charge in [0.15, 0.2) is 0 Å². The highest BCUT2D eigenvalue weighted by atomic mass is 32.1. The van der Waals surface area contributed by atoms with Gasteiger partial charge in [0.05, 0.1) is 5.69 Å². The SMILES string of the molecule is Cc1cccn1-c1ccsc1C(=O)O. The van der Waals surface area contributed by atoms with Gasteiger partial charge in [-0.2, -0.15) is 0 Å². The lowest BCUT2D eigenvalue weighted by atomic mass is 10.3. The van der Waals surface area contributed by atoms with Crippen molar-refractivity contribution in [3.8, 4) is 5.69 Å². The van der Waals surface area contributed by atoms with Crippen LogP contribution in [0.5, 0.6) is 0 Å². The van der Waals surface area contributed by atoms with Crippen molar-refractivity contribution in [3.63, 3.8) is 0 Å². The number of aromatic nitrogens is 1. The largest absolute Gasteiger partial charge is 0.477 e. The second-order valence-corrected chi connectivity index (χ2v) is 3.88. The molecule has 0 aromatic carbocycles. The van der Waals surface area contributed by atoms with Crippen LogP contribution in [-0.4, -0.2) is 15.6 Å². The fourth-order valence-corrected chi connectivity index (χ4v) is 2.11. The Morgan fingerprint density at radius 3 is 2.86 bits per heavy atom. The Morgan fingerprint density at radius 2 is 2.29 bits per heavy atom. The molecule has 2 aromatic heterocycles. The van der Waals surface area contributed by atoms with E-state index in [0.29, 0.717) is 4.88 Å². The molecular formula is C10H9NO2S. The van der Waals surface area contributed by atoms with Crippen LogP contribution in [-0.2, 0) is 0 Å². The maximum Gasteiger partial charge on any atom is 0.348 e. The molecule has 0 radical (unpaired) electrons. The first-order valence-corrected chi connectivity index (χ1v) is 5.03. The molecule has 72 valence electrons. The van der Waals surface area contributed by atoms with Gasteiger partial charge >= 0.3 is 5.97 Å². The third-order valence-electron chi connectivity index (χ3n) is 2.05. The van der Waals surface area contributed by atoms with Gasteiger partial charge in [-0.3, -0.25) is 0 Å². The van der Waals surface area contributed by atoms with Crippen LogP contribution in [0.4, 0.5) is 0 Å². The van der Waals surface area contributed by atoms with E-state index in [0.717, 1.165) is 11.4 Å². The summed E-state index contributed by atoms with van der Waals surface area (Å²) < 4.78 is 1.87. The molecule has 0 bridgehead atoms. The van der Waals surface area contributed by atoms with Crippen molar-refractivity contribution in [1.82, 2.24) is 4.57 Å². The second kappa shape index (κ2) is 3.31. The fraction of sp³-hybridized carbons (Fsp3) is 0.100. The molecule has 0 aliphatic rings. The summed E-state index contributed by atoms with van der Waals surface area (Å²) in [6.07, 6.45) is 1.86. The zero-order chi connectivity index (χ0) is 10.1. The first-order chi connectivity index (χ1) is 6.70. The number of hydrogen-bond acceptors (Lipinski definition) is 2. The predicted octanol–water partition coefficient (Wildman–Crippen LogP) is 2.55. The van der Waals surface area contributed by atoms with Crippen LogP contribution in [0.15, 0.2) is 29.8 Å². The highest BCUT2D eigenvalue weighted by Crippen LogP contribution is 2.22. The Bertz CT molecular complexity index is 470. The Kier molecular flexibility index (Phi) is 2.13. The Balaban J connectivity index is 2.57. The summed E-state index contributed by atoms with van der Waals surface area (Å²) in [4.78, 5) is 11.3. The maximum absolute atomic E-state index is 10.9. The minimum Gasteiger partial charge on any atom is -0.477 e. The van der Waals surface area contributed by atoms with Gasteiger partial charge in [-0.05, 0) is 30.5 Å². The highest BCUT2D eigenvalue weighted by Gasteiger charge is 2.13. The molecule has 0 saturated carbocycles. The number of nitrogens with zero attached hydrogens (tertiary/aromatic N) is 1. The van der Waals surface area contributed by atoms with Crippen LogP contribution in [0.3, 0.4) is 0 Å². The molecular weight excluding hydrogens is 198 g/mol. The zero-order valence-electron chi connectivity index (χ0n) is 7.60. The van der Waals surface area contributed by atoms with Crippen molar-refractivity contribution in [3.05, 3.63) is 40.3 Å². The highest BCUT2D eigenvalue weighted by molar-refractivity contribution is 7.12. The van der Waals surface area contributed by atoms with Crippen LogP contribution in [0.2, 0.25) is 0 Å². The quantitative estimate of drug-likeness (QED) is 0.822. The number of hydrogen-bond donors (Lipinski definition) is 1. The van der Waals surface area contributed by atoms with Gasteiger partial charge in [-0.1, -0.05) is 0 Å². The average molecular weight is 207 g/mol. The van der Waals surface area contributed by atoms with Crippen molar-refractivity contribution < 1.29 is 9.90 Å². The Hall–Kier alpha value is -1.55. The summed E-state index contributed by atoms with van der Waals surface area (Å²) in [5.74, 6) is -0.872. The fourth-order valence-electron chi connectivity index (χ4n) is 1.39. The van der Waals surface area contributed by atoms with Crippen molar-refractivity contribution in [2.24, 2.45) is 0 Å². The summed E-state index contributed by atoms with van der Waals surface area (Å²) in [6, 6.07) is 5.67. The second-order valence-electron chi connectivity index (χ2n) is 2.96. The van der Waals surface area contributed by atoms with Crippen LogP contribution >= 0.6 is 11.3 Å². The topological polar surface area (TPSA) is 42.2 Å². The summed E-state index contributed by atoms with van der Waals surface area (Å²) in [5, 5.41) is 10.7. The molecule has 2 aromatic rings. The average Bonchev–Trinajstić information content (AvgIpc) is 2.70. The monoisotopic (exact) mass is 207 g/mol. The predicted molar refractivity (Wildman–Crippen MR) is 55.3 cm³/mol. The number of carboxylic acid groups (broad SMARTS) is 1. The summed E-state index contributed by atoms with van der Waals surface area (Å²) in [5.41, 5.74) is 1.77. The van der Waals surface area contributed by atoms with Gasteiger partial charge in [-0.25, -0.2) is 4.79 Å². The van der Waals surface area contributed by atoms with Crippen molar-refractivity contribution in [2.75, 3.05) is 0 Å². The summed E-state index contributed by atoms with van der Waals surface area (Å²) in [6.45, 7) is 1.95. The molecule has 0 saturated heterocycles. The van der Waals surface area contributed by atoms with E-state index in [2.05, 4.69) is 0 Å². The van der Waals surface area contributed by atoms with Crippen LogP contribution < -0.4 is 0 Å². The molecule has 1 N–H and O–H groups in total. The van der Waals surface area contributed by atoms with Crippen LogP contribution in [0.25, 0.3) is 5.69 Å². The van der Waals surface area contributed by atoms with Gasteiger partial charge in [-0.15, -0.1) is 11.3 Å². The minimum absolute atomic E-state index is 0.379. The summed E-state index contributed by atoms with van der Waals surface area (Å²) >= 11 is 1.24. The number of aryl methyl sites for hydroxylation is 1. The molecule has 0 aliphatic heterocycles. The third-order valence-corrected chi connectivity index (χ3v) is 2.94. The molecule has 3 nitrogen and oxygen atoms in total. The molecule has 0 spiro atoms. The third kappa shape index (κ3) is 1.33. The molecule has 0 amide bonds. The van der Waals surface area contributed by atoms with Gasteiger partial charge in [0.1, 0.15) is 4.88 Å². The number of carbonyl (C=O) groups is 1. The van der Waals surface area contributed by atoms with E-state index in [9.17, 15) is 4.79 Å². The van der Waals surface area contributed by atoms with E-state index in [1.807, 2.05) is 35.9 Å². The van der Waals surface area contributed by atoms with Crippen LogP contribution in [0.1, 0.15) is 15.4 Å². The molecule has 0 atom stereocenters. The Morgan fingerprint density at radius 1 is 1.50 bits per heavy atom. The molecule has 14 heavy (non-hydrogen) atoms. The van der Waals surface area contributed by atoms with Gasteiger partial charge in [0.2, 0.25) is 0 Å². The van der Waals surface area contributed by atoms with E-state index < -0.39 is 5.97 Å². The van der Waals surface area contributed by atoms with Gasteiger partial charge in [0, 0.05) is 11.9 Å². The molecule has 0 unspecified atom stereocenters. The lowest BCUT2D eigenvalue weighted by molar-refractivity contribution is 0.0702. The lowest BCUT2D eigenvalue weighted by Gasteiger charge is -2.04. The molecule has 4 heteroatoms. The number of rotatable bonds is 2. The first-order valence-electron chi connectivity index (χ1n) is 4.15. The number of carboxylic acids is 1. The zero-order valence-corrected chi connectivity index (χ0v) is 8.41. The molecule has 2 heterocycles. The van der Waals surface area contributed by atoms with Gasteiger partial charge in [0.25, 0.3) is 0 Å². The number of aromatic carboxylic acids is 1. The summed E-state index contributed by atoms with van der Waals surface area (Å²) in [7, 11) is 0. The van der Waals surface area contributed by atoms with E-state index in [1.54, 1.807) is 5.38 Å². The molecule has 2 rings (SSSR count). The molecule has 0 fully saturated rings. The van der Waals surface area contributed by atoms with E-state index in [1.165, 1.54) is 11.3 Å².